The van der Waals surface area contributed by atoms with Crippen molar-refractivity contribution in [1.29, 1.82) is 0 Å². The first-order valence-electron chi connectivity index (χ1n) is 7.83. The van der Waals surface area contributed by atoms with Crippen LogP contribution in [0, 0.1) is 5.92 Å². The number of carbonyl (C=O) groups is 1. The number of halogens is 1. The van der Waals surface area contributed by atoms with E-state index in [0.29, 0.717) is 43.8 Å². The minimum atomic E-state index is -0.0803. The maximum Gasteiger partial charge on any atom is 0.168 e. The van der Waals surface area contributed by atoms with Gasteiger partial charge in [0, 0.05) is 18.4 Å². The molecule has 1 aliphatic carbocycles. The van der Waals surface area contributed by atoms with E-state index in [1.54, 1.807) is 6.08 Å². The molecule has 0 spiro atoms. The van der Waals surface area contributed by atoms with Crippen LogP contribution in [0.1, 0.15) is 32.6 Å². The molecule has 126 valence electrons. The SMILES string of the molecule is CCC(=NOCC=CCl)C1=C(O)CC(C2=CCOCC2)CC1=O. The second-order valence-corrected chi connectivity index (χ2v) is 5.75. The van der Waals surface area contributed by atoms with Crippen LogP contribution in [0.2, 0.25) is 0 Å². The molecule has 0 amide bonds. The second kappa shape index (κ2) is 8.89. The number of nitrogens with zero attached hydrogens (tertiary/aromatic N) is 1. The normalized spacial score (nSPS) is 23.4. The van der Waals surface area contributed by atoms with E-state index in [0.717, 1.165) is 6.42 Å². The van der Waals surface area contributed by atoms with Crippen molar-refractivity contribution in [3.05, 3.63) is 34.6 Å². The minimum absolute atomic E-state index is 0.0633. The van der Waals surface area contributed by atoms with E-state index < -0.39 is 0 Å². The van der Waals surface area contributed by atoms with Gasteiger partial charge in [-0.25, -0.2) is 0 Å². The molecule has 23 heavy (non-hydrogen) atoms. The number of aliphatic hydroxyl groups is 1. The van der Waals surface area contributed by atoms with Gasteiger partial charge in [-0.3, -0.25) is 4.79 Å². The van der Waals surface area contributed by atoms with Crippen LogP contribution in [0.15, 0.2) is 39.7 Å². The summed E-state index contributed by atoms with van der Waals surface area (Å²) in [5.74, 6) is 0.0901. The van der Waals surface area contributed by atoms with E-state index in [9.17, 15) is 9.90 Å². The number of Topliss-reactive ketones (excluding diaryl/α,β-unsaturated/α-hetero) is 1. The highest BCUT2D eigenvalue weighted by Gasteiger charge is 2.32. The molecule has 1 unspecified atom stereocenters. The molecule has 0 aromatic rings. The Bertz CT molecular complexity index is 563. The molecule has 1 heterocycles. The lowest BCUT2D eigenvalue weighted by atomic mass is 9.79. The standard InChI is InChI=1S/C17H22ClNO4/c1-2-14(19-23-7-3-6-18)17-15(20)10-13(11-16(17)21)12-4-8-22-9-5-12/h3-4,6,13,20H,2,5,7-11H2,1H3. The Balaban J connectivity index is 2.14. The zero-order valence-electron chi connectivity index (χ0n) is 13.3. The van der Waals surface area contributed by atoms with Gasteiger partial charge in [0.2, 0.25) is 0 Å². The van der Waals surface area contributed by atoms with E-state index >= 15 is 0 Å². The van der Waals surface area contributed by atoms with Gasteiger partial charge in [0.25, 0.3) is 0 Å². The van der Waals surface area contributed by atoms with Crippen LogP contribution in [-0.4, -0.2) is 36.4 Å². The fourth-order valence-electron chi connectivity index (χ4n) is 2.88. The summed E-state index contributed by atoms with van der Waals surface area (Å²) in [5, 5.41) is 14.3. The average Bonchev–Trinajstić information content (AvgIpc) is 2.57. The Morgan fingerprint density at radius 3 is 3.00 bits per heavy atom. The predicted molar refractivity (Wildman–Crippen MR) is 89.6 cm³/mol. The fourth-order valence-corrected chi connectivity index (χ4v) is 2.95. The van der Waals surface area contributed by atoms with Crippen LogP contribution in [0.5, 0.6) is 0 Å². The van der Waals surface area contributed by atoms with Crippen molar-refractivity contribution in [3.8, 4) is 0 Å². The summed E-state index contributed by atoms with van der Waals surface area (Å²) in [5.41, 5.74) is 3.34. The van der Waals surface area contributed by atoms with Crippen molar-refractivity contribution in [3.63, 3.8) is 0 Å². The zero-order chi connectivity index (χ0) is 16.7. The number of oxime groups is 1. The van der Waals surface area contributed by atoms with Crippen molar-refractivity contribution in [2.75, 3.05) is 19.8 Å². The summed E-state index contributed by atoms with van der Waals surface area (Å²) < 4.78 is 5.30. The van der Waals surface area contributed by atoms with Gasteiger partial charge in [-0.2, -0.15) is 0 Å². The molecule has 5 nitrogen and oxygen atoms in total. The first kappa shape index (κ1) is 17.8. The van der Waals surface area contributed by atoms with Gasteiger partial charge in [-0.1, -0.05) is 35.3 Å². The molecule has 1 aliphatic heterocycles. The number of ketones is 1. The monoisotopic (exact) mass is 339 g/mol. The van der Waals surface area contributed by atoms with Crippen LogP contribution in [0.3, 0.4) is 0 Å². The maximum atomic E-state index is 12.5. The number of carbonyl (C=O) groups excluding carboxylic acids is 1. The Morgan fingerprint density at radius 1 is 1.57 bits per heavy atom. The maximum absolute atomic E-state index is 12.5. The van der Waals surface area contributed by atoms with Crippen molar-refractivity contribution >= 4 is 23.1 Å². The molecule has 6 heteroatoms. The highest BCUT2D eigenvalue weighted by atomic mass is 35.5. The van der Waals surface area contributed by atoms with Gasteiger partial charge >= 0.3 is 0 Å². The number of rotatable bonds is 6. The summed E-state index contributed by atoms with van der Waals surface area (Å²) in [6.45, 7) is 3.36. The van der Waals surface area contributed by atoms with Crippen LogP contribution in [0.4, 0.5) is 0 Å². The van der Waals surface area contributed by atoms with Crippen LogP contribution in [-0.2, 0) is 14.4 Å². The topological polar surface area (TPSA) is 68.1 Å². The number of allylic oxidation sites excluding steroid dienone is 2. The molecule has 0 bridgehead atoms. The van der Waals surface area contributed by atoms with Gasteiger partial charge in [0.05, 0.1) is 24.5 Å². The van der Waals surface area contributed by atoms with Gasteiger partial charge in [0.15, 0.2) is 5.78 Å². The summed E-state index contributed by atoms with van der Waals surface area (Å²) in [7, 11) is 0. The Kier molecular flexibility index (Phi) is 6.86. The lowest BCUT2D eigenvalue weighted by molar-refractivity contribution is -0.116. The number of ether oxygens (including phenoxy) is 1. The highest BCUT2D eigenvalue weighted by Crippen LogP contribution is 2.34. The van der Waals surface area contributed by atoms with E-state index in [-0.39, 0.29) is 24.1 Å². The van der Waals surface area contributed by atoms with E-state index in [4.69, 9.17) is 21.2 Å². The van der Waals surface area contributed by atoms with Crippen molar-refractivity contribution in [2.45, 2.75) is 32.6 Å². The van der Waals surface area contributed by atoms with Gasteiger partial charge < -0.3 is 14.7 Å². The van der Waals surface area contributed by atoms with Crippen LogP contribution < -0.4 is 0 Å². The van der Waals surface area contributed by atoms with Crippen LogP contribution in [0.25, 0.3) is 0 Å². The third kappa shape index (κ3) is 4.69. The van der Waals surface area contributed by atoms with Crippen LogP contribution >= 0.6 is 11.6 Å². The lowest BCUT2D eigenvalue weighted by Gasteiger charge is -2.27. The second-order valence-electron chi connectivity index (χ2n) is 5.50. The van der Waals surface area contributed by atoms with E-state index in [2.05, 4.69) is 5.16 Å². The lowest BCUT2D eigenvalue weighted by Crippen LogP contribution is -2.26. The molecule has 0 fully saturated rings. The number of hydrogen-bond acceptors (Lipinski definition) is 5. The molecule has 0 aromatic carbocycles. The number of hydrogen-bond donors (Lipinski definition) is 1. The Morgan fingerprint density at radius 2 is 2.39 bits per heavy atom. The molecular weight excluding hydrogens is 318 g/mol. The van der Waals surface area contributed by atoms with Crippen molar-refractivity contribution in [1.82, 2.24) is 0 Å². The minimum Gasteiger partial charge on any atom is -0.511 e. The third-order valence-electron chi connectivity index (χ3n) is 4.02. The molecule has 1 atom stereocenters. The molecule has 2 aliphatic rings. The van der Waals surface area contributed by atoms with Gasteiger partial charge in [0.1, 0.15) is 12.4 Å². The quantitative estimate of drug-likeness (QED) is 0.347. The summed E-state index contributed by atoms with van der Waals surface area (Å²) >= 11 is 5.41. The molecule has 0 saturated carbocycles. The predicted octanol–water partition coefficient (Wildman–Crippen LogP) is 3.66. The van der Waals surface area contributed by atoms with Crippen molar-refractivity contribution < 1.29 is 19.5 Å². The number of aliphatic hydroxyl groups excluding tert-OH is 1. The van der Waals surface area contributed by atoms with Crippen molar-refractivity contribution in [2.24, 2.45) is 11.1 Å². The van der Waals surface area contributed by atoms with Gasteiger partial charge in [-0.15, -0.1) is 0 Å². The Hall–Kier alpha value is -1.59. The first-order valence-corrected chi connectivity index (χ1v) is 8.27. The van der Waals surface area contributed by atoms with Gasteiger partial charge in [-0.05, 0) is 24.8 Å². The fraction of sp³-hybridized carbons (Fsp3) is 0.529. The average molecular weight is 340 g/mol. The smallest absolute Gasteiger partial charge is 0.168 e. The first-order chi connectivity index (χ1) is 11.2. The molecular formula is C17H22ClNO4. The molecule has 1 N–H and O–H groups in total. The summed E-state index contributed by atoms with van der Waals surface area (Å²) in [6, 6.07) is 0. The molecule has 0 saturated heterocycles. The largest absolute Gasteiger partial charge is 0.511 e. The highest BCUT2D eigenvalue weighted by molar-refractivity contribution is 6.25. The van der Waals surface area contributed by atoms with E-state index in [1.165, 1.54) is 11.1 Å². The third-order valence-corrected chi connectivity index (χ3v) is 4.20. The summed E-state index contributed by atoms with van der Waals surface area (Å²) in [4.78, 5) is 17.6. The Labute approximate surface area is 141 Å². The van der Waals surface area contributed by atoms with E-state index in [1.807, 2.05) is 13.0 Å². The molecule has 0 aromatic heterocycles. The molecule has 0 radical (unpaired) electrons. The molecule has 2 rings (SSSR count). The zero-order valence-corrected chi connectivity index (χ0v) is 14.0. The summed E-state index contributed by atoms with van der Waals surface area (Å²) in [6.07, 6.45) is 5.82.